The van der Waals surface area contributed by atoms with Crippen molar-refractivity contribution < 1.29 is 17.9 Å². The average Bonchev–Trinajstić information content (AvgIpc) is 2.59. The maximum Gasteiger partial charge on any atom is 0.255 e. The quantitative estimate of drug-likeness (QED) is 0.747. The topological polar surface area (TPSA) is 98.5 Å². The van der Waals surface area contributed by atoms with Gasteiger partial charge in [-0.15, -0.1) is 12.4 Å². The zero-order valence-electron chi connectivity index (χ0n) is 14.7. The van der Waals surface area contributed by atoms with Crippen LogP contribution in [0.5, 0.6) is 5.75 Å². The number of sulfone groups is 1. The van der Waals surface area contributed by atoms with Crippen LogP contribution < -0.4 is 15.8 Å². The van der Waals surface area contributed by atoms with Crippen molar-refractivity contribution in [3.63, 3.8) is 0 Å². The molecule has 0 aliphatic rings. The lowest BCUT2D eigenvalue weighted by Gasteiger charge is -2.11. The van der Waals surface area contributed by atoms with Crippen molar-refractivity contribution in [2.45, 2.75) is 18.2 Å². The Hall–Kier alpha value is -2.09. The highest BCUT2D eigenvalue weighted by Gasteiger charge is 2.15. The fraction of sp³-hybridized carbons (Fsp3) is 0.278. The molecule has 0 saturated carbocycles. The average molecular weight is 399 g/mol. The first-order valence-corrected chi connectivity index (χ1v) is 9.81. The lowest BCUT2D eigenvalue weighted by atomic mass is 10.0. The van der Waals surface area contributed by atoms with Crippen LogP contribution in [0, 0.1) is 0 Å². The van der Waals surface area contributed by atoms with Crippen LogP contribution in [0.2, 0.25) is 0 Å². The van der Waals surface area contributed by atoms with Gasteiger partial charge in [-0.05, 0) is 48.4 Å². The highest BCUT2D eigenvalue weighted by molar-refractivity contribution is 7.90. The number of amides is 1. The zero-order chi connectivity index (χ0) is 18.4. The molecule has 0 aliphatic carbocycles. The molecule has 0 unspecified atom stereocenters. The molecule has 0 atom stereocenters. The Morgan fingerprint density at radius 1 is 1.15 bits per heavy atom. The van der Waals surface area contributed by atoms with Gasteiger partial charge in [0.25, 0.3) is 5.91 Å². The van der Waals surface area contributed by atoms with E-state index in [1.165, 1.54) is 12.1 Å². The molecule has 0 aromatic heterocycles. The molecule has 0 fully saturated rings. The number of hydrogen-bond donors (Lipinski definition) is 2. The Labute approximate surface area is 160 Å². The molecule has 1 amide bonds. The van der Waals surface area contributed by atoms with Crippen molar-refractivity contribution in [1.29, 1.82) is 0 Å². The minimum atomic E-state index is -3.38. The van der Waals surface area contributed by atoms with Gasteiger partial charge in [-0.25, -0.2) is 8.42 Å². The van der Waals surface area contributed by atoms with Crippen LogP contribution in [0.3, 0.4) is 0 Å². The van der Waals surface area contributed by atoms with Gasteiger partial charge in [0.05, 0.1) is 4.90 Å². The van der Waals surface area contributed by atoms with Crippen LogP contribution in [0.15, 0.2) is 47.4 Å². The van der Waals surface area contributed by atoms with E-state index < -0.39 is 9.84 Å². The number of carbonyl (C=O) groups is 1. The molecule has 0 heterocycles. The van der Waals surface area contributed by atoms with Crippen molar-refractivity contribution in [1.82, 2.24) is 0 Å². The molecular formula is C18H23ClN2O4S. The predicted octanol–water partition coefficient (Wildman–Crippen LogP) is 2.66. The first kappa shape index (κ1) is 22.0. The minimum absolute atomic E-state index is 0. The molecule has 8 heteroatoms. The molecule has 2 rings (SSSR count). The SMILES string of the molecule is CCc1ccc(S(C)(=O)=O)cc1C(=O)Nc1ccc(OCCN)cc1.Cl. The van der Waals surface area contributed by atoms with Gasteiger partial charge in [0.15, 0.2) is 9.84 Å². The highest BCUT2D eigenvalue weighted by Crippen LogP contribution is 2.20. The third-order valence-electron chi connectivity index (χ3n) is 3.63. The number of ether oxygens (including phenoxy) is 1. The molecule has 3 N–H and O–H groups in total. The van der Waals surface area contributed by atoms with E-state index in [0.29, 0.717) is 36.6 Å². The summed E-state index contributed by atoms with van der Waals surface area (Å²) in [5.74, 6) is 0.315. The summed E-state index contributed by atoms with van der Waals surface area (Å²) in [6, 6.07) is 11.5. The summed E-state index contributed by atoms with van der Waals surface area (Å²) in [7, 11) is -3.38. The minimum Gasteiger partial charge on any atom is -0.492 e. The Balaban J connectivity index is 0.00000338. The molecular weight excluding hydrogens is 376 g/mol. The van der Waals surface area contributed by atoms with E-state index in [9.17, 15) is 13.2 Å². The maximum atomic E-state index is 12.6. The Bertz CT molecular complexity index is 852. The molecule has 2 aromatic rings. The first-order valence-electron chi connectivity index (χ1n) is 7.92. The second-order valence-corrected chi connectivity index (χ2v) is 7.58. The van der Waals surface area contributed by atoms with E-state index in [1.54, 1.807) is 30.3 Å². The van der Waals surface area contributed by atoms with Crippen LogP contribution in [-0.2, 0) is 16.3 Å². The Kier molecular flexibility index (Phi) is 8.08. The maximum absolute atomic E-state index is 12.6. The predicted molar refractivity (Wildman–Crippen MR) is 105 cm³/mol. The number of rotatable bonds is 7. The van der Waals surface area contributed by atoms with E-state index in [2.05, 4.69) is 5.32 Å². The summed E-state index contributed by atoms with van der Waals surface area (Å²) in [5.41, 5.74) is 7.12. The fourth-order valence-corrected chi connectivity index (χ4v) is 2.96. The molecule has 2 aromatic carbocycles. The zero-order valence-corrected chi connectivity index (χ0v) is 16.3. The summed E-state index contributed by atoms with van der Waals surface area (Å²) in [4.78, 5) is 12.7. The number of anilines is 1. The Morgan fingerprint density at radius 3 is 2.35 bits per heavy atom. The summed E-state index contributed by atoms with van der Waals surface area (Å²) >= 11 is 0. The van der Waals surface area contributed by atoms with Gasteiger partial charge in [-0.1, -0.05) is 13.0 Å². The summed E-state index contributed by atoms with van der Waals surface area (Å²) in [6.07, 6.45) is 1.74. The van der Waals surface area contributed by atoms with Crippen LogP contribution in [0.25, 0.3) is 0 Å². The molecule has 26 heavy (non-hydrogen) atoms. The number of nitrogens with two attached hydrogens (primary N) is 1. The lowest BCUT2D eigenvalue weighted by molar-refractivity contribution is 0.102. The normalized spacial score (nSPS) is 10.7. The first-order chi connectivity index (χ1) is 11.8. The number of carbonyl (C=O) groups excluding carboxylic acids is 1. The molecule has 0 radical (unpaired) electrons. The number of halogens is 1. The second kappa shape index (κ2) is 9.56. The summed E-state index contributed by atoms with van der Waals surface area (Å²) < 4.78 is 28.9. The van der Waals surface area contributed by atoms with Crippen molar-refractivity contribution in [3.8, 4) is 5.75 Å². The summed E-state index contributed by atoms with van der Waals surface area (Å²) in [6.45, 7) is 2.76. The smallest absolute Gasteiger partial charge is 0.255 e. The molecule has 6 nitrogen and oxygen atoms in total. The van der Waals surface area contributed by atoms with Crippen molar-refractivity contribution in [2.24, 2.45) is 5.73 Å². The van der Waals surface area contributed by atoms with E-state index in [1.807, 2.05) is 6.92 Å². The van der Waals surface area contributed by atoms with Crippen LogP contribution in [0.1, 0.15) is 22.8 Å². The van der Waals surface area contributed by atoms with Gasteiger partial charge in [-0.3, -0.25) is 4.79 Å². The number of aryl methyl sites for hydroxylation is 1. The van der Waals surface area contributed by atoms with Crippen LogP contribution in [-0.4, -0.2) is 33.7 Å². The van der Waals surface area contributed by atoms with Crippen molar-refractivity contribution >= 4 is 33.8 Å². The number of hydrogen-bond acceptors (Lipinski definition) is 5. The van der Waals surface area contributed by atoms with E-state index in [4.69, 9.17) is 10.5 Å². The highest BCUT2D eigenvalue weighted by atomic mass is 35.5. The van der Waals surface area contributed by atoms with E-state index in [-0.39, 0.29) is 23.2 Å². The van der Waals surface area contributed by atoms with Crippen LogP contribution in [0.4, 0.5) is 5.69 Å². The molecule has 0 spiro atoms. The van der Waals surface area contributed by atoms with Gasteiger partial charge < -0.3 is 15.8 Å². The van der Waals surface area contributed by atoms with Gasteiger partial charge >= 0.3 is 0 Å². The van der Waals surface area contributed by atoms with Gasteiger partial charge in [0, 0.05) is 24.1 Å². The van der Waals surface area contributed by atoms with Gasteiger partial charge in [0.1, 0.15) is 12.4 Å². The standard InChI is InChI=1S/C18H22N2O4S.ClH/c1-3-13-4-9-16(25(2,22)23)12-17(13)18(21)20-14-5-7-15(8-6-14)24-11-10-19;/h4-9,12H,3,10-11,19H2,1-2H3,(H,20,21);1H. The van der Waals surface area contributed by atoms with Crippen molar-refractivity contribution in [3.05, 3.63) is 53.6 Å². The van der Waals surface area contributed by atoms with E-state index in [0.717, 1.165) is 11.8 Å². The number of benzene rings is 2. The summed E-state index contributed by atoms with van der Waals surface area (Å²) in [5, 5.41) is 2.78. The molecule has 0 aliphatic heterocycles. The third kappa shape index (κ3) is 5.72. The number of nitrogens with one attached hydrogen (secondary N) is 1. The molecule has 0 bridgehead atoms. The largest absolute Gasteiger partial charge is 0.492 e. The molecule has 0 saturated heterocycles. The van der Waals surface area contributed by atoms with Gasteiger partial charge in [-0.2, -0.15) is 0 Å². The van der Waals surface area contributed by atoms with E-state index >= 15 is 0 Å². The Morgan fingerprint density at radius 2 is 1.81 bits per heavy atom. The third-order valence-corrected chi connectivity index (χ3v) is 4.74. The second-order valence-electron chi connectivity index (χ2n) is 5.56. The molecule has 142 valence electrons. The van der Waals surface area contributed by atoms with Crippen molar-refractivity contribution in [2.75, 3.05) is 24.7 Å². The fourth-order valence-electron chi connectivity index (χ4n) is 2.32. The lowest BCUT2D eigenvalue weighted by Crippen LogP contribution is -2.15. The van der Waals surface area contributed by atoms with Gasteiger partial charge in [0.2, 0.25) is 0 Å². The monoisotopic (exact) mass is 398 g/mol. The van der Waals surface area contributed by atoms with Crippen LogP contribution >= 0.6 is 12.4 Å².